The van der Waals surface area contributed by atoms with Crippen LogP contribution in [0.15, 0.2) is 12.2 Å². The van der Waals surface area contributed by atoms with Crippen molar-refractivity contribution in [3.63, 3.8) is 0 Å². The van der Waals surface area contributed by atoms with Crippen molar-refractivity contribution in [2.24, 2.45) is 11.1 Å². The van der Waals surface area contributed by atoms with E-state index in [1.54, 1.807) is 13.8 Å². The zero-order chi connectivity index (χ0) is 10.9. The second kappa shape index (κ2) is 3.53. The standard InChI is InChI=1S/C10H16N2O2/c1-7(5-11)6-12-8(13)4-10(2,3)9(12)14/h1,4-6,11H2,2-3H3. The molecule has 1 fully saturated rings. The Hall–Kier alpha value is -1.16. The fourth-order valence-corrected chi connectivity index (χ4v) is 1.48. The average Bonchev–Trinajstić information content (AvgIpc) is 2.28. The minimum Gasteiger partial charge on any atom is -0.327 e. The lowest BCUT2D eigenvalue weighted by molar-refractivity contribution is -0.140. The molecule has 0 bridgehead atoms. The maximum atomic E-state index is 11.7. The molecule has 2 N–H and O–H groups in total. The third-order valence-corrected chi connectivity index (χ3v) is 2.39. The first-order valence-corrected chi connectivity index (χ1v) is 4.60. The molecule has 1 rings (SSSR count). The quantitative estimate of drug-likeness (QED) is 0.521. The van der Waals surface area contributed by atoms with Gasteiger partial charge in [-0.15, -0.1) is 0 Å². The van der Waals surface area contributed by atoms with Gasteiger partial charge in [-0.25, -0.2) is 0 Å². The van der Waals surface area contributed by atoms with Crippen LogP contribution in [0.25, 0.3) is 0 Å². The van der Waals surface area contributed by atoms with Gasteiger partial charge in [0, 0.05) is 13.0 Å². The van der Waals surface area contributed by atoms with Crippen molar-refractivity contribution in [1.82, 2.24) is 4.90 Å². The molecule has 0 aromatic rings. The second-order valence-electron chi connectivity index (χ2n) is 4.30. The van der Waals surface area contributed by atoms with Crippen LogP contribution in [0.3, 0.4) is 0 Å². The molecule has 0 saturated carbocycles. The van der Waals surface area contributed by atoms with Crippen molar-refractivity contribution in [2.75, 3.05) is 13.1 Å². The van der Waals surface area contributed by atoms with E-state index in [0.29, 0.717) is 12.1 Å². The molecular formula is C10H16N2O2. The minimum atomic E-state index is -0.564. The van der Waals surface area contributed by atoms with Gasteiger partial charge in [0.1, 0.15) is 0 Å². The molecule has 0 aromatic heterocycles. The molecule has 1 aliphatic heterocycles. The first kappa shape index (κ1) is 10.9. The summed E-state index contributed by atoms with van der Waals surface area (Å²) in [7, 11) is 0. The van der Waals surface area contributed by atoms with Gasteiger partial charge in [0.15, 0.2) is 0 Å². The Bertz CT molecular complexity index is 294. The summed E-state index contributed by atoms with van der Waals surface area (Å²) in [5.41, 5.74) is 5.49. The number of carbonyl (C=O) groups excluding carboxylic acids is 2. The maximum absolute atomic E-state index is 11.7. The number of amides is 2. The van der Waals surface area contributed by atoms with Crippen LogP contribution in [0, 0.1) is 5.41 Å². The molecule has 0 radical (unpaired) electrons. The Balaban J connectivity index is 2.76. The molecule has 1 aliphatic rings. The lowest BCUT2D eigenvalue weighted by Gasteiger charge is -2.18. The highest BCUT2D eigenvalue weighted by Gasteiger charge is 2.44. The number of carbonyl (C=O) groups is 2. The minimum absolute atomic E-state index is 0.128. The number of nitrogens with two attached hydrogens (primary N) is 1. The molecule has 1 saturated heterocycles. The lowest BCUT2D eigenvalue weighted by Crippen LogP contribution is -2.35. The Morgan fingerprint density at radius 2 is 2.14 bits per heavy atom. The van der Waals surface area contributed by atoms with Gasteiger partial charge >= 0.3 is 0 Å². The first-order valence-electron chi connectivity index (χ1n) is 4.60. The summed E-state index contributed by atoms with van der Waals surface area (Å²) in [5.74, 6) is -0.258. The van der Waals surface area contributed by atoms with Gasteiger partial charge in [-0.2, -0.15) is 0 Å². The fraction of sp³-hybridized carbons (Fsp3) is 0.600. The van der Waals surface area contributed by atoms with E-state index in [4.69, 9.17) is 5.73 Å². The predicted octanol–water partition coefficient (Wildman–Crippen LogP) is 0.286. The lowest BCUT2D eigenvalue weighted by atomic mass is 9.92. The molecule has 0 aliphatic carbocycles. The molecule has 4 heteroatoms. The van der Waals surface area contributed by atoms with Crippen LogP contribution >= 0.6 is 0 Å². The summed E-state index contributed by atoms with van der Waals surface area (Å²) in [5, 5.41) is 0. The van der Waals surface area contributed by atoms with Crippen molar-refractivity contribution in [2.45, 2.75) is 20.3 Å². The highest BCUT2D eigenvalue weighted by molar-refractivity contribution is 6.05. The highest BCUT2D eigenvalue weighted by Crippen LogP contribution is 2.31. The van der Waals surface area contributed by atoms with Crippen LogP contribution in [0.1, 0.15) is 20.3 Å². The maximum Gasteiger partial charge on any atom is 0.235 e. The van der Waals surface area contributed by atoms with E-state index < -0.39 is 5.41 Å². The zero-order valence-corrected chi connectivity index (χ0v) is 8.67. The molecular weight excluding hydrogens is 180 g/mol. The van der Waals surface area contributed by atoms with Crippen molar-refractivity contribution >= 4 is 11.8 Å². The van der Waals surface area contributed by atoms with Crippen LogP contribution in [0.2, 0.25) is 0 Å². The largest absolute Gasteiger partial charge is 0.327 e. The van der Waals surface area contributed by atoms with Gasteiger partial charge in [0.2, 0.25) is 11.8 Å². The fourth-order valence-electron chi connectivity index (χ4n) is 1.48. The Labute approximate surface area is 83.8 Å². The molecule has 0 unspecified atom stereocenters. The summed E-state index contributed by atoms with van der Waals surface area (Å²) in [6.45, 7) is 7.80. The van der Waals surface area contributed by atoms with Gasteiger partial charge < -0.3 is 5.73 Å². The number of likely N-dealkylation sites (tertiary alicyclic amines) is 1. The van der Waals surface area contributed by atoms with Crippen LogP contribution in [0.4, 0.5) is 0 Å². The van der Waals surface area contributed by atoms with E-state index >= 15 is 0 Å². The summed E-state index contributed by atoms with van der Waals surface area (Å²) in [6, 6.07) is 0. The van der Waals surface area contributed by atoms with Crippen LogP contribution in [-0.4, -0.2) is 29.8 Å². The van der Waals surface area contributed by atoms with E-state index in [9.17, 15) is 9.59 Å². The molecule has 4 nitrogen and oxygen atoms in total. The Morgan fingerprint density at radius 1 is 1.57 bits per heavy atom. The SMILES string of the molecule is C=C(CN)CN1C(=O)CC(C)(C)C1=O. The molecule has 0 aromatic carbocycles. The van der Waals surface area contributed by atoms with Crippen LogP contribution in [-0.2, 0) is 9.59 Å². The smallest absolute Gasteiger partial charge is 0.235 e. The molecule has 78 valence electrons. The number of hydrogen-bond acceptors (Lipinski definition) is 3. The first-order chi connectivity index (χ1) is 6.38. The molecule has 1 heterocycles. The van der Waals surface area contributed by atoms with Crippen LogP contribution in [0.5, 0.6) is 0 Å². The van der Waals surface area contributed by atoms with Crippen molar-refractivity contribution in [3.05, 3.63) is 12.2 Å². The predicted molar refractivity (Wildman–Crippen MR) is 53.3 cm³/mol. The summed E-state index contributed by atoms with van der Waals surface area (Å²) in [4.78, 5) is 24.4. The van der Waals surface area contributed by atoms with E-state index in [-0.39, 0.29) is 24.8 Å². The molecule has 14 heavy (non-hydrogen) atoms. The van der Waals surface area contributed by atoms with Gasteiger partial charge in [0.05, 0.1) is 12.0 Å². The number of nitrogens with zero attached hydrogens (tertiary/aromatic N) is 1. The number of hydrogen-bond donors (Lipinski definition) is 1. The number of imide groups is 1. The van der Waals surface area contributed by atoms with E-state index in [0.717, 1.165) is 0 Å². The average molecular weight is 196 g/mol. The van der Waals surface area contributed by atoms with Gasteiger partial charge in [-0.05, 0) is 5.57 Å². The highest BCUT2D eigenvalue weighted by atomic mass is 16.2. The van der Waals surface area contributed by atoms with Crippen molar-refractivity contribution in [1.29, 1.82) is 0 Å². The van der Waals surface area contributed by atoms with Gasteiger partial charge in [-0.1, -0.05) is 20.4 Å². The van der Waals surface area contributed by atoms with E-state index in [2.05, 4.69) is 6.58 Å². The molecule has 2 amide bonds. The van der Waals surface area contributed by atoms with Gasteiger partial charge in [-0.3, -0.25) is 14.5 Å². The molecule has 0 atom stereocenters. The van der Waals surface area contributed by atoms with Crippen LogP contribution < -0.4 is 5.73 Å². The van der Waals surface area contributed by atoms with E-state index in [1.165, 1.54) is 4.90 Å². The Kier molecular flexibility index (Phi) is 2.76. The Morgan fingerprint density at radius 3 is 2.50 bits per heavy atom. The monoisotopic (exact) mass is 196 g/mol. The summed E-state index contributed by atoms with van der Waals surface area (Å²) < 4.78 is 0. The third kappa shape index (κ3) is 1.85. The van der Waals surface area contributed by atoms with Crippen molar-refractivity contribution in [3.8, 4) is 0 Å². The normalized spacial score (nSPS) is 20.4. The van der Waals surface area contributed by atoms with Crippen molar-refractivity contribution < 1.29 is 9.59 Å². The molecule has 0 spiro atoms. The summed E-state index contributed by atoms with van der Waals surface area (Å²) in [6.07, 6.45) is 0.281. The topological polar surface area (TPSA) is 63.4 Å². The second-order valence-corrected chi connectivity index (χ2v) is 4.30. The van der Waals surface area contributed by atoms with Gasteiger partial charge in [0.25, 0.3) is 0 Å². The van der Waals surface area contributed by atoms with E-state index in [1.807, 2.05) is 0 Å². The third-order valence-electron chi connectivity index (χ3n) is 2.39. The summed E-state index contributed by atoms with van der Waals surface area (Å²) >= 11 is 0. The number of rotatable bonds is 3. The zero-order valence-electron chi connectivity index (χ0n) is 8.67.